The van der Waals surface area contributed by atoms with Gasteiger partial charge in [-0.25, -0.2) is 0 Å². The average Bonchev–Trinajstić information content (AvgIpc) is 3.08. The van der Waals surface area contributed by atoms with Crippen LogP contribution in [0.5, 0.6) is 5.75 Å². The van der Waals surface area contributed by atoms with Gasteiger partial charge in [-0.05, 0) is 56.7 Å². The maximum atomic E-state index is 13.4. The zero-order valence-corrected chi connectivity index (χ0v) is 21.0. The van der Waals surface area contributed by atoms with Crippen LogP contribution in [-0.4, -0.2) is 64.8 Å². The van der Waals surface area contributed by atoms with E-state index in [2.05, 4.69) is 63.4 Å². The molecule has 0 saturated carbocycles. The number of benzene rings is 2. The van der Waals surface area contributed by atoms with Crippen LogP contribution in [0.3, 0.4) is 0 Å². The molecule has 1 atom stereocenters. The van der Waals surface area contributed by atoms with E-state index in [-0.39, 0.29) is 11.9 Å². The second kappa shape index (κ2) is 10.1. The van der Waals surface area contributed by atoms with Crippen molar-refractivity contribution in [3.05, 3.63) is 77.1 Å². The van der Waals surface area contributed by atoms with Gasteiger partial charge >= 0.3 is 0 Å². The Morgan fingerprint density at radius 1 is 1.00 bits per heavy atom. The molecule has 3 heterocycles. The molecule has 0 aliphatic carbocycles. The summed E-state index contributed by atoms with van der Waals surface area (Å²) in [5.41, 5.74) is 5.58. The molecular weight excluding hydrogens is 438 g/mol. The Labute approximate surface area is 207 Å². The summed E-state index contributed by atoms with van der Waals surface area (Å²) in [6.07, 6.45) is 0. The van der Waals surface area contributed by atoms with Gasteiger partial charge in [-0.15, -0.1) is 0 Å². The first-order valence-corrected chi connectivity index (χ1v) is 12.6. The van der Waals surface area contributed by atoms with Crippen LogP contribution in [0.25, 0.3) is 0 Å². The Balaban J connectivity index is 1.24. The lowest BCUT2D eigenvalue weighted by Crippen LogP contribution is -2.45. The van der Waals surface area contributed by atoms with E-state index >= 15 is 0 Å². The molecule has 2 aliphatic heterocycles. The fraction of sp³-hybridized carbons (Fsp3) is 0.429. The molecule has 184 valence electrons. The van der Waals surface area contributed by atoms with Gasteiger partial charge < -0.3 is 14.5 Å². The fourth-order valence-electron chi connectivity index (χ4n) is 5.20. The zero-order chi connectivity index (χ0) is 24.4. The van der Waals surface area contributed by atoms with Crippen LogP contribution in [0.4, 0.5) is 5.69 Å². The summed E-state index contributed by atoms with van der Waals surface area (Å²) in [7, 11) is 0. The second-order valence-corrected chi connectivity index (χ2v) is 9.70. The third-order valence-corrected chi connectivity index (χ3v) is 7.09. The smallest absolute Gasteiger partial charge is 0.247 e. The first-order chi connectivity index (χ1) is 17.0. The predicted octanol–water partition coefficient (Wildman–Crippen LogP) is 3.80. The first-order valence-electron chi connectivity index (χ1n) is 12.6. The van der Waals surface area contributed by atoms with Crippen molar-refractivity contribution < 1.29 is 9.53 Å². The Hall–Kier alpha value is -3.32. The molecular formula is C28H35N5O2. The summed E-state index contributed by atoms with van der Waals surface area (Å²) in [6.45, 7) is 12.6. The molecule has 1 fully saturated rings. The molecule has 2 aliphatic rings. The van der Waals surface area contributed by atoms with Crippen LogP contribution >= 0.6 is 0 Å². The Morgan fingerprint density at radius 3 is 2.49 bits per heavy atom. The molecule has 1 aromatic heterocycles. The second-order valence-electron chi connectivity index (χ2n) is 9.70. The number of carbonyl (C=O) groups excluding carboxylic acids is 1. The minimum atomic E-state index is -0.339. The normalized spacial score (nSPS) is 17.5. The molecule has 0 bridgehead atoms. The highest BCUT2D eigenvalue weighted by Crippen LogP contribution is 2.27. The molecule has 1 saturated heterocycles. The number of aromatic nitrogens is 2. The third kappa shape index (κ3) is 5.20. The number of carbonyl (C=O) groups is 1. The Morgan fingerprint density at radius 2 is 1.77 bits per heavy atom. The maximum Gasteiger partial charge on any atom is 0.247 e. The van der Waals surface area contributed by atoms with Gasteiger partial charge in [0.1, 0.15) is 18.4 Å². The van der Waals surface area contributed by atoms with Gasteiger partial charge in [0.25, 0.3) is 0 Å². The van der Waals surface area contributed by atoms with Crippen LogP contribution in [0.15, 0.2) is 54.6 Å². The molecule has 7 nitrogen and oxygen atoms in total. The van der Waals surface area contributed by atoms with E-state index in [9.17, 15) is 4.79 Å². The van der Waals surface area contributed by atoms with Crippen molar-refractivity contribution in [3.63, 3.8) is 0 Å². The standard InChI is InChI=1S/C28H35N5O2/c1-21-17-22(2)33(29-21)23(3)28(34)32-15-16-35-27-10-9-24(18-25(27)20-32)19-30-11-13-31(14-12-30)26-7-5-4-6-8-26/h4-10,17-18,23H,11-16,19-20H2,1-3H3/t23-/m1/s1. The number of rotatable bonds is 5. The molecule has 5 rings (SSSR count). The number of aryl methyl sites for hydroxylation is 2. The van der Waals surface area contributed by atoms with Crippen molar-refractivity contribution >= 4 is 11.6 Å². The number of ether oxygens (including phenoxy) is 1. The van der Waals surface area contributed by atoms with Crippen molar-refractivity contribution in [1.29, 1.82) is 0 Å². The van der Waals surface area contributed by atoms with Crippen LogP contribution < -0.4 is 9.64 Å². The lowest BCUT2D eigenvalue weighted by atomic mass is 10.1. The van der Waals surface area contributed by atoms with Crippen molar-refractivity contribution in [2.45, 2.75) is 39.9 Å². The minimum Gasteiger partial charge on any atom is -0.491 e. The van der Waals surface area contributed by atoms with Gasteiger partial charge in [-0.3, -0.25) is 14.4 Å². The maximum absolute atomic E-state index is 13.4. The quantitative estimate of drug-likeness (QED) is 0.564. The number of fused-ring (bicyclic) bond motifs is 1. The average molecular weight is 474 g/mol. The minimum absolute atomic E-state index is 0.0788. The molecule has 7 heteroatoms. The van der Waals surface area contributed by atoms with E-state index in [0.717, 1.165) is 55.4 Å². The largest absolute Gasteiger partial charge is 0.491 e. The van der Waals surface area contributed by atoms with Gasteiger partial charge in [0, 0.05) is 56.2 Å². The summed E-state index contributed by atoms with van der Waals surface area (Å²) in [5, 5.41) is 4.53. The predicted molar refractivity (Wildman–Crippen MR) is 138 cm³/mol. The van der Waals surface area contributed by atoms with E-state index in [0.29, 0.717) is 19.7 Å². The topological polar surface area (TPSA) is 53.8 Å². The molecule has 0 N–H and O–H groups in total. The van der Waals surface area contributed by atoms with Crippen molar-refractivity contribution in [1.82, 2.24) is 19.6 Å². The van der Waals surface area contributed by atoms with Gasteiger partial charge in [-0.2, -0.15) is 5.10 Å². The van der Waals surface area contributed by atoms with Gasteiger partial charge in [0.05, 0.1) is 12.2 Å². The lowest BCUT2D eigenvalue weighted by Gasteiger charge is -2.36. The first kappa shape index (κ1) is 23.4. The highest BCUT2D eigenvalue weighted by molar-refractivity contribution is 5.80. The van der Waals surface area contributed by atoms with E-state index in [1.807, 2.05) is 36.4 Å². The molecule has 3 aromatic rings. The number of nitrogens with zero attached hydrogens (tertiary/aromatic N) is 5. The lowest BCUT2D eigenvalue weighted by molar-refractivity contribution is -0.135. The molecule has 2 aromatic carbocycles. The van der Waals surface area contributed by atoms with Crippen molar-refractivity contribution in [2.75, 3.05) is 44.2 Å². The number of piperazine rings is 1. The van der Waals surface area contributed by atoms with Crippen LogP contribution in [0, 0.1) is 13.8 Å². The number of hydrogen-bond donors (Lipinski definition) is 0. The number of hydrogen-bond acceptors (Lipinski definition) is 5. The number of para-hydroxylation sites is 1. The van der Waals surface area contributed by atoms with E-state index in [1.54, 1.807) is 0 Å². The van der Waals surface area contributed by atoms with Crippen molar-refractivity contribution in [2.24, 2.45) is 0 Å². The number of anilines is 1. The molecule has 0 spiro atoms. The van der Waals surface area contributed by atoms with Crippen LogP contribution in [0.2, 0.25) is 0 Å². The fourth-order valence-corrected chi connectivity index (χ4v) is 5.20. The van der Waals surface area contributed by atoms with E-state index < -0.39 is 0 Å². The summed E-state index contributed by atoms with van der Waals surface area (Å²) >= 11 is 0. The summed E-state index contributed by atoms with van der Waals surface area (Å²) in [4.78, 5) is 20.2. The molecule has 1 amide bonds. The van der Waals surface area contributed by atoms with Crippen molar-refractivity contribution in [3.8, 4) is 5.75 Å². The van der Waals surface area contributed by atoms with Crippen LogP contribution in [0.1, 0.15) is 35.5 Å². The monoisotopic (exact) mass is 473 g/mol. The third-order valence-electron chi connectivity index (χ3n) is 7.09. The highest BCUT2D eigenvalue weighted by atomic mass is 16.5. The van der Waals surface area contributed by atoms with Gasteiger partial charge in [0.2, 0.25) is 5.91 Å². The Kier molecular flexibility index (Phi) is 6.77. The Bertz CT molecular complexity index is 1170. The molecule has 0 unspecified atom stereocenters. The van der Waals surface area contributed by atoms with Crippen LogP contribution in [-0.2, 0) is 17.9 Å². The highest BCUT2D eigenvalue weighted by Gasteiger charge is 2.27. The zero-order valence-electron chi connectivity index (χ0n) is 21.0. The summed E-state index contributed by atoms with van der Waals surface area (Å²) < 4.78 is 7.84. The summed E-state index contributed by atoms with van der Waals surface area (Å²) in [5.74, 6) is 0.965. The SMILES string of the molecule is Cc1cc(C)n([C@H](C)C(=O)N2CCOc3ccc(CN4CCN(c5ccccc5)CC4)cc3C2)n1. The summed E-state index contributed by atoms with van der Waals surface area (Å²) in [6, 6.07) is 18.8. The van der Waals surface area contributed by atoms with Gasteiger partial charge in [-0.1, -0.05) is 24.3 Å². The van der Waals surface area contributed by atoms with Gasteiger partial charge in [0.15, 0.2) is 0 Å². The number of amides is 1. The molecule has 35 heavy (non-hydrogen) atoms. The van der Waals surface area contributed by atoms with E-state index in [1.165, 1.54) is 11.3 Å². The van der Waals surface area contributed by atoms with E-state index in [4.69, 9.17) is 4.74 Å². The molecule has 0 radical (unpaired) electrons.